The molecule has 4 heteroatoms. The largest absolute Gasteiger partial charge is 0.324 e. The molecule has 0 saturated heterocycles. The van der Waals surface area contributed by atoms with Gasteiger partial charge in [0.05, 0.1) is 17.6 Å². The van der Waals surface area contributed by atoms with Crippen LogP contribution in [0.15, 0.2) is 30.7 Å². The van der Waals surface area contributed by atoms with E-state index in [1.807, 2.05) is 25.3 Å². The number of aryl methyl sites for hydroxylation is 1. The molecule has 2 aromatic rings. The first-order valence-electron chi connectivity index (χ1n) is 7.05. The molecule has 1 saturated carbocycles. The van der Waals surface area contributed by atoms with E-state index < -0.39 is 0 Å². The summed E-state index contributed by atoms with van der Waals surface area (Å²) in [6, 6.07) is 4.54. The molecule has 1 aliphatic rings. The molecule has 4 nitrogen and oxygen atoms in total. The van der Waals surface area contributed by atoms with Crippen molar-refractivity contribution in [3.63, 3.8) is 0 Å². The van der Waals surface area contributed by atoms with Gasteiger partial charge in [-0.3, -0.25) is 4.98 Å². The second-order valence-corrected chi connectivity index (χ2v) is 5.27. The standard InChI is InChI=1S/C15H20N4/c1-12-11-19(14-7-3-2-4-8-14)15(17-12)18-13-6-5-9-16-10-13/h5-6,9-11,14H,2-4,7-8H2,1H3,(H,17,18). The SMILES string of the molecule is Cc1cn(C2CCCCC2)c(Nc2cccnc2)n1. The number of rotatable bonds is 3. The van der Waals surface area contributed by atoms with Crippen LogP contribution in [0.1, 0.15) is 43.8 Å². The van der Waals surface area contributed by atoms with Crippen molar-refractivity contribution < 1.29 is 0 Å². The van der Waals surface area contributed by atoms with Crippen molar-refractivity contribution in [2.45, 2.75) is 45.1 Å². The van der Waals surface area contributed by atoms with Gasteiger partial charge in [0, 0.05) is 18.4 Å². The molecule has 1 aliphatic carbocycles. The Hall–Kier alpha value is -1.84. The molecule has 0 aliphatic heterocycles. The van der Waals surface area contributed by atoms with E-state index >= 15 is 0 Å². The van der Waals surface area contributed by atoms with Crippen molar-refractivity contribution in [1.29, 1.82) is 0 Å². The Morgan fingerprint density at radius 2 is 2.11 bits per heavy atom. The number of hydrogen-bond acceptors (Lipinski definition) is 3. The topological polar surface area (TPSA) is 42.7 Å². The molecule has 0 bridgehead atoms. The number of anilines is 2. The van der Waals surface area contributed by atoms with Crippen LogP contribution in [-0.4, -0.2) is 14.5 Å². The Kier molecular flexibility index (Phi) is 3.49. The predicted molar refractivity (Wildman–Crippen MR) is 76.6 cm³/mol. The number of aromatic nitrogens is 3. The van der Waals surface area contributed by atoms with Crippen LogP contribution in [0.4, 0.5) is 11.6 Å². The summed E-state index contributed by atoms with van der Waals surface area (Å²) < 4.78 is 2.31. The Balaban J connectivity index is 1.84. The molecule has 0 radical (unpaired) electrons. The van der Waals surface area contributed by atoms with Crippen molar-refractivity contribution >= 4 is 11.6 Å². The number of pyridine rings is 1. The highest BCUT2D eigenvalue weighted by Gasteiger charge is 2.18. The lowest BCUT2D eigenvalue weighted by Crippen LogP contribution is -2.14. The van der Waals surface area contributed by atoms with Gasteiger partial charge in [0.2, 0.25) is 5.95 Å². The fourth-order valence-electron chi connectivity index (χ4n) is 2.81. The Bertz CT molecular complexity index is 526. The van der Waals surface area contributed by atoms with E-state index in [9.17, 15) is 0 Å². The number of nitrogens with zero attached hydrogens (tertiary/aromatic N) is 3. The Morgan fingerprint density at radius 1 is 1.26 bits per heavy atom. The highest BCUT2D eigenvalue weighted by molar-refractivity contribution is 5.52. The summed E-state index contributed by atoms with van der Waals surface area (Å²) in [4.78, 5) is 8.74. The first-order valence-corrected chi connectivity index (χ1v) is 7.05. The van der Waals surface area contributed by atoms with Gasteiger partial charge in [-0.2, -0.15) is 0 Å². The second-order valence-electron chi connectivity index (χ2n) is 5.27. The summed E-state index contributed by atoms with van der Waals surface area (Å²) in [7, 11) is 0. The molecule has 19 heavy (non-hydrogen) atoms. The minimum Gasteiger partial charge on any atom is -0.324 e. The van der Waals surface area contributed by atoms with Crippen LogP contribution in [0.25, 0.3) is 0 Å². The van der Waals surface area contributed by atoms with Crippen molar-refractivity contribution in [2.24, 2.45) is 0 Å². The van der Waals surface area contributed by atoms with Crippen LogP contribution in [0.2, 0.25) is 0 Å². The molecule has 3 rings (SSSR count). The van der Waals surface area contributed by atoms with Gasteiger partial charge in [-0.05, 0) is 31.9 Å². The molecule has 0 atom stereocenters. The summed E-state index contributed by atoms with van der Waals surface area (Å²) in [6.45, 7) is 2.05. The Morgan fingerprint density at radius 3 is 2.84 bits per heavy atom. The van der Waals surface area contributed by atoms with Crippen LogP contribution in [0, 0.1) is 6.92 Å². The summed E-state index contributed by atoms with van der Waals surface area (Å²) >= 11 is 0. The van der Waals surface area contributed by atoms with Gasteiger partial charge < -0.3 is 9.88 Å². The summed E-state index contributed by atoms with van der Waals surface area (Å²) in [5.41, 5.74) is 2.06. The van der Waals surface area contributed by atoms with E-state index in [1.165, 1.54) is 32.1 Å². The molecule has 0 amide bonds. The van der Waals surface area contributed by atoms with Gasteiger partial charge in [0.1, 0.15) is 0 Å². The fraction of sp³-hybridized carbons (Fsp3) is 0.467. The molecule has 0 spiro atoms. The van der Waals surface area contributed by atoms with Crippen molar-refractivity contribution in [1.82, 2.24) is 14.5 Å². The van der Waals surface area contributed by atoms with Crippen molar-refractivity contribution in [2.75, 3.05) is 5.32 Å². The lowest BCUT2D eigenvalue weighted by molar-refractivity contribution is 0.356. The van der Waals surface area contributed by atoms with Crippen molar-refractivity contribution in [3.8, 4) is 0 Å². The van der Waals surface area contributed by atoms with Gasteiger partial charge in [-0.15, -0.1) is 0 Å². The normalized spacial score (nSPS) is 16.5. The highest BCUT2D eigenvalue weighted by Crippen LogP contribution is 2.31. The number of nitrogens with one attached hydrogen (secondary N) is 1. The predicted octanol–water partition coefficient (Wildman–Crippen LogP) is 3.84. The van der Waals surface area contributed by atoms with E-state index in [-0.39, 0.29) is 0 Å². The quantitative estimate of drug-likeness (QED) is 0.907. The first kappa shape index (κ1) is 12.2. The number of hydrogen-bond donors (Lipinski definition) is 1. The van der Waals surface area contributed by atoms with E-state index in [4.69, 9.17) is 0 Å². The van der Waals surface area contributed by atoms with Gasteiger partial charge >= 0.3 is 0 Å². The highest BCUT2D eigenvalue weighted by atomic mass is 15.2. The molecule has 0 aromatic carbocycles. The molecule has 2 heterocycles. The van der Waals surface area contributed by atoms with Crippen LogP contribution < -0.4 is 5.32 Å². The van der Waals surface area contributed by atoms with Gasteiger partial charge in [0.15, 0.2) is 0 Å². The molecular formula is C15H20N4. The second kappa shape index (κ2) is 5.43. The summed E-state index contributed by atoms with van der Waals surface area (Å²) in [6.07, 6.45) is 12.3. The fourth-order valence-corrected chi connectivity index (χ4v) is 2.81. The Labute approximate surface area is 113 Å². The zero-order chi connectivity index (χ0) is 13.1. The van der Waals surface area contributed by atoms with E-state index in [2.05, 4.69) is 26.0 Å². The third-order valence-corrected chi connectivity index (χ3v) is 3.74. The van der Waals surface area contributed by atoms with E-state index in [0.29, 0.717) is 6.04 Å². The monoisotopic (exact) mass is 256 g/mol. The number of imidazole rings is 1. The minimum atomic E-state index is 0.592. The molecule has 0 unspecified atom stereocenters. The van der Waals surface area contributed by atoms with Crippen molar-refractivity contribution in [3.05, 3.63) is 36.4 Å². The molecular weight excluding hydrogens is 236 g/mol. The third kappa shape index (κ3) is 2.78. The summed E-state index contributed by atoms with van der Waals surface area (Å²) in [5, 5.41) is 3.38. The molecule has 2 aromatic heterocycles. The summed E-state index contributed by atoms with van der Waals surface area (Å²) in [5.74, 6) is 0.942. The zero-order valence-electron chi connectivity index (χ0n) is 11.3. The maximum atomic E-state index is 4.61. The van der Waals surface area contributed by atoms with E-state index in [1.54, 1.807) is 6.20 Å². The third-order valence-electron chi connectivity index (χ3n) is 3.74. The van der Waals surface area contributed by atoms with Crippen LogP contribution >= 0.6 is 0 Å². The molecule has 1 N–H and O–H groups in total. The van der Waals surface area contributed by atoms with Gasteiger partial charge in [-0.1, -0.05) is 19.3 Å². The smallest absolute Gasteiger partial charge is 0.207 e. The van der Waals surface area contributed by atoms with Gasteiger partial charge in [0.25, 0.3) is 0 Å². The minimum absolute atomic E-state index is 0.592. The van der Waals surface area contributed by atoms with Crippen LogP contribution in [-0.2, 0) is 0 Å². The maximum Gasteiger partial charge on any atom is 0.207 e. The maximum absolute atomic E-state index is 4.61. The van der Waals surface area contributed by atoms with Gasteiger partial charge in [-0.25, -0.2) is 4.98 Å². The molecule has 1 fully saturated rings. The first-order chi connectivity index (χ1) is 9.33. The average Bonchev–Trinajstić information content (AvgIpc) is 2.82. The molecule has 100 valence electrons. The van der Waals surface area contributed by atoms with Crippen LogP contribution in [0.5, 0.6) is 0 Å². The van der Waals surface area contributed by atoms with Crippen LogP contribution in [0.3, 0.4) is 0 Å². The lowest BCUT2D eigenvalue weighted by atomic mass is 9.95. The lowest BCUT2D eigenvalue weighted by Gasteiger charge is -2.24. The zero-order valence-corrected chi connectivity index (χ0v) is 11.3. The average molecular weight is 256 g/mol. The van der Waals surface area contributed by atoms with E-state index in [0.717, 1.165) is 17.3 Å².